The fourth-order valence-corrected chi connectivity index (χ4v) is 1.95. The second-order valence-corrected chi connectivity index (χ2v) is 4.68. The summed E-state index contributed by atoms with van der Waals surface area (Å²) in [7, 11) is 1.90. The second kappa shape index (κ2) is 7.10. The summed E-state index contributed by atoms with van der Waals surface area (Å²) in [6.07, 6.45) is 2.23. The largest absolute Gasteiger partial charge is 0.334 e. The van der Waals surface area contributed by atoms with Crippen molar-refractivity contribution in [2.45, 2.75) is 19.4 Å². The Kier molecular flexibility index (Phi) is 5.18. The molecule has 1 atom stereocenters. The Labute approximate surface area is 133 Å². The van der Waals surface area contributed by atoms with E-state index in [0.717, 1.165) is 11.3 Å². The number of aromatic nitrogens is 6. The maximum absolute atomic E-state index is 5.36. The fourth-order valence-electron chi connectivity index (χ4n) is 1.95. The SMILES string of the molecule is CNC(C)Cc1noc(-c2ccccc2-n2cnnn2)n1.Cl. The summed E-state index contributed by atoms with van der Waals surface area (Å²) in [5, 5.41) is 18.3. The van der Waals surface area contributed by atoms with Crippen LogP contribution in [0.4, 0.5) is 0 Å². The Bertz CT molecular complexity index is 713. The topological polar surface area (TPSA) is 94.6 Å². The average Bonchev–Trinajstić information content (AvgIpc) is 3.18. The molecule has 0 aliphatic rings. The van der Waals surface area contributed by atoms with Gasteiger partial charge in [0.15, 0.2) is 5.82 Å². The van der Waals surface area contributed by atoms with Crippen LogP contribution in [-0.2, 0) is 6.42 Å². The normalized spacial score (nSPS) is 11.9. The number of nitrogens with one attached hydrogen (secondary N) is 1. The predicted molar refractivity (Wildman–Crippen MR) is 81.9 cm³/mol. The van der Waals surface area contributed by atoms with Crippen LogP contribution in [0.1, 0.15) is 12.7 Å². The number of halogens is 1. The molecule has 2 aromatic heterocycles. The Morgan fingerprint density at radius 2 is 2.14 bits per heavy atom. The van der Waals surface area contributed by atoms with Gasteiger partial charge >= 0.3 is 0 Å². The molecular formula is C13H16ClN7O. The Balaban J connectivity index is 0.00000176. The first-order valence-electron chi connectivity index (χ1n) is 6.60. The first-order valence-corrected chi connectivity index (χ1v) is 6.60. The van der Waals surface area contributed by atoms with Gasteiger partial charge in [0.05, 0.1) is 11.3 Å². The molecule has 22 heavy (non-hydrogen) atoms. The number of para-hydroxylation sites is 1. The lowest BCUT2D eigenvalue weighted by Crippen LogP contribution is -2.24. The van der Waals surface area contributed by atoms with E-state index < -0.39 is 0 Å². The van der Waals surface area contributed by atoms with E-state index in [4.69, 9.17) is 4.52 Å². The Hall–Kier alpha value is -2.32. The highest BCUT2D eigenvalue weighted by molar-refractivity contribution is 5.85. The van der Waals surface area contributed by atoms with Gasteiger partial charge in [0.25, 0.3) is 5.89 Å². The first-order chi connectivity index (χ1) is 10.3. The molecule has 1 aromatic carbocycles. The molecule has 8 nitrogen and oxygen atoms in total. The van der Waals surface area contributed by atoms with Gasteiger partial charge < -0.3 is 9.84 Å². The summed E-state index contributed by atoms with van der Waals surface area (Å²) in [6.45, 7) is 2.06. The Morgan fingerprint density at radius 1 is 1.32 bits per heavy atom. The number of tetrazole rings is 1. The van der Waals surface area contributed by atoms with Crippen molar-refractivity contribution in [3.8, 4) is 17.1 Å². The maximum Gasteiger partial charge on any atom is 0.260 e. The van der Waals surface area contributed by atoms with Crippen LogP contribution in [0.5, 0.6) is 0 Å². The molecule has 3 rings (SSSR count). The van der Waals surface area contributed by atoms with Crippen LogP contribution in [0.2, 0.25) is 0 Å². The van der Waals surface area contributed by atoms with Crippen LogP contribution in [-0.4, -0.2) is 43.4 Å². The van der Waals surface area contributed by atoms with Gasteiger partial charge in [0, 0.05) is 12.5 Å². The highest BCUT2D eigenvalue weighted by Gasteiger charge is 2.15. The molecule has 0 fully saturated rings. The minimum Gasteiger partial charge on any atom is -0.334 e. The molecule has 0 aliphatic carbocycles. The molecule has 1 unspecified atom stereocenters. The molecule has 9 heteroatoms. The van der Waals surface area contributed by atoms with Crippen molar-refractivity contribution in [3.05, 3.63) is 36.4 Å². The van der Waals surface area contributed by atoms with Crippen molar-refractivity contribution >= 4 is 12.4 Å². The molecule has 2 heterocycles. The van der Waals surface area contributed by atoms with E-state index in [0.29, 0.717) is 18.1 Å². The number of hydrogen-bond donors (Lipinski definition) is 1. The van der Waals surface area contributed by atoms with Crippen molar-refractivity contribution in [1.82, 2.24) is 35.7 Å². The minimum absolute atomic E-state index is 0. The minimum atomic E-state index is 0. The highest BCUT2D eigenvalue weighted by Crippen LogP contribution is 2.24. The monoisotopic (exact) mass is 321 g/mol. The Morgan fingerprint density at radius 3 is 2.86 bits per heavy atom. The van der Waals surface area contributed by atoms with Gasteiger partial charge in [0.1, 0.15) is 6.33 Å². The maximum atomic E-state index is 5.36. The van der Waals surface area contributed by atoms with Gasteiger partial charge in [0.2, 0.25) is 0 Å². The number of benzene rings is 1. The van der Waals surface area contributed by atoms with Gasteiger partial charge in [-0.15, -0.1) is 17.5 Å². The third kappa shape index (κ3) is 3.29. The molecule has 0 saturated heterocycles. The van der Waals surface area contributed by atoms with Crippen molar-refractivity contribution < 1.29 is 4.52 Å². The summed E-state index contributed by atoms with van der Waals surface area (Å²) in [5.74, 6) is 1.12. The number of rotatable bonds is 5. The lowest BCUT2D eigenvalue weighted by Gasteiger charge is -2.05. The zero-order valence-corrected chi connectivity index (χ0v) is 13.0. The second-order valence-electron chi connectivity index (χ2n) is 4.68. The molecule has 3 aromatic rings. The van der Waals surface area contributed by atoms with Crippen molar-refractivity contribution in [3.63, 3.8) is 0 Å². The summed E-state index contributed by atoms with van der Waals surface area (Å²) < 4.78 is 6.93. The van der Waals surface area contributed by atoms with E-state index in [2.05, 4.69) is 37.9 Å². The van der Waals surface area contributed by atoms with E-state index in [1.54, 1.807) is 4.68 Å². The number of nitrogens with zero attached hydrogens (tertiary/aromatic N) is 6. The fraction of sp³-hybridized carbons (Fsp3) is 0.308. The lowest BCUT2D eigenvalue weighted by atomic mass is 10.2. The molecule has 0 saturated carbocycles. The van der Waals surface area contributed by atoms with Crippen molar-refractivity contribution in [2.24, 2.45) is 0 Å². The summed E-state index contributed by atoms with van der Waals surface area (Å²) >= 11 is 0. The van der Waals surface area contributed by atoms with Crippen LogP contribution in [0.25, 0.3) is 17.1 Å². The summed E-state index contributed by atoms with van der Waals surface area (Å²) in [5.41, 5.74) is 1.58. The van der Waals surface area contributed by atoms with E-state index in [1.807, 2.05) is 31.3 Å². The molecule has 0 bridgehead atoms. The van der Waals surface area contributed by atoms with Crippen LogP contribution in [0, 0.1) is 0 Å². The molecule has 0 amide bonds. The predicted octanol–water partition coefficient (Wildman–Crippen LogP) is 1.28. The quantitative estimate of drug-likeness (QED) is 0.756. The molecule has 0 spiro atoms. The zero-order valence-electron chi connectivity index (χ0n) is 12.2. The standard InChI is InChI=1S/C13H15N7O.ClH/c1-9(14-2)7-12-16-13(21-17-12)10-5-3-4-6-11(10)20-8-15-18-19-20;/h3-6,8-9,14H,7H2,1-2H3;1H. The van der Waals surface area contributed by atoms with E-state index in [9.17, 15) is 0 Å². The van der Waals surface area contributed by atoms with Crippen LogP contribution in [0.3, 0.4) is 0 Å². The highest BCUT2D eigenvalue weighted by atomic mass is 35.5. The van der Waals surface area contributed by atoms with E-state index >= 15 is 0 Å². The molecule has 116 valence electrons. The first kappa shape index (κ1) is 16.1. The molecule has 0 radical (unpaired) electrons. The van der Waals surface area contributed by atoms with Crippen LogP contribution in [0.15, 0.2) is 35.1 Å². The zero-order chi connectivity index (χ0) is 14.7. The molecule has 0 aliphatic heterocycles. The van der Waals surface area contributed by atoms with E-state index in [1.165, 1.54) is 6.33 Å². The third-order valence-electron chi connectivity index (χ3n) is 3.18. The van der Waals surface area contributed by atoms with Gasteiger partial charge in [-0.25, -0.2) is 0 Å². The number of likely N-dealkylation sites (N-methyl/N-ethyl adjacent to an activating group) is 1. The molecule has 1 N–H and O–H groups in total. The third-order valence-corrected chi connectivity index (χ3v) is 3.18. The smallest absolute Gasteiger partial charge is 0.260 e. The van der Waals surface area contributed by atoms with Crippen molar-refractivity contribution in [2.75, 3.05) is 7.05 Å². The van der Waals surface area contributed by atoms with Crippen LogP contribution >= 0.6 is 12.4 Å². The summed E-state index contributed by atoms with van der Waals surface area (Å²) in [6, 6.07) is 7.89. The van der Waals surface area contributed by atoms with Crippen molar-refractivity contribution in [1.29, 1.82) is 0 Å². The average molecular weight is 322 g/mol. The molecular weight excluding hydrogens is 306 g/mol. The van der Waals surface area contributed by atoms with Gasteiger partial charge in [-0.05, 0) is 36.5 Å². The van der Waals surface area contributed by atoms with Crippen LogP contribution < -0.4 is 5.32 Å². The van der Waals surface area contributed by atoms with Gasteiger partial charge in [-0.3, -0.25) is 0 Å². The van der Waals surface area contributed by atoms with Gasteiger partial charge in [-0.1, -0.05) is 17.3 Å². The number of hydrogen-bond acceptors (Lipinski definition) is 7. The van der Waals surface area contributed by atoms with Gasteiger partial charge in [-0.2, -0.15) is 9.67 Å². The lowest BCUT2D eigenvalue weighted by molar-refractivity contribution is 0.418. The summed E-state index contributed by atoms with van der Waals surface area (Å²) in [4.78, 5) is 4.44. The van der Waals surface area contributed by atoms with E-state index in [-0.39, 0.29) is 18.4 Å².